The molecular weight excluding hydrogens is 309 g/mol. The van der Waals surface area contributed by atoms with E-state index in [-0.39, 0.29) is 24.1 Å². The molecule has 3 rings (SSSR count). The van der Waals surface area contributed by atoms with Crippen molar-refractivity contribution in [3.05, 3.63) is 54.0 Å². The Morgan fingerprint density at radius 1 is 1.25 bits per heavy atom. The number of hydrogen-bond acceptors (Lipinski definition) is 4. The first-order chi connectivity index (χ1) is 11.7. The molecule has 0 radical (unpaired) electrons. The first kappa shape index (κ1) is 16.4. The highest BCUT2D eigenvalue weighted by molar-refractivity contribution is 5.99. The Hall–Kier alpha value is -2.47. The number of benzene rings is 1. The number of aromatic nitrogens is 1. The summed E-state index contributed by atoms with van der Waals surface area (Å²) in [7, 11) is 0. The highest BCUT2D eigenvalue weighted by atomic mass is 19.1. The molecule has 1 amide bonds. The molecule has 0 spiro atoms. The second-order valence-corrected chi connectivity index (χ2v) is 5.92. The van der Waals surface area contributed by atoms with Crippen LogP contribution in [0.1, 0.15) is 23.2 Å². The lowest BCUT2D eigenvalue weighted by Gasteiger charge is -2.31. The molecule has 1 fully saturated rings. The van der Waals surface area contributed by atoms with Crippen LogP contribution in [0.15, 0.2) is 42.6 Å². The Morgan fingerprint density at radius 3 is 2.71 bits per heavy atom. The van der Waals surface area contributed by atoms with E-state index in [2.05, 4.69) is 10.3 Å². The van der Waals surface area contributed by atoms with Crippen LogP contribution in [0.2, 0.25) is 0 Å². The summed E-state index contributed by atoms with van der Waals surface area (Å²) in [5.74, 6) is 0.0829. The van der Waals surface area contributed by atoms with E-state index >= 15 is 0 Å². The SMILES string of the molecule is O=C(c1cccnc1Nc1ccccc1F)N1CCC(CO)CC1. The minimum absolute atomic E-state index is 0.127. The first-order valence-electron chi connectivity index (χ1n) is 8.05. The van der Waals surface area contributed by atoms with Crippen molar-refractivity contribution in [1.29, 1.82) is 0 Å². The highest BCUT2D eigenvalue weighted by Crippen LogP contribution is 2.24. The van der Waals surface area contributed by atoms with E-state index in [1.165, 1.54) is 6.07 Å². The van der Waals surface area contributed by atoms with Crippen LogP contribution in [0, 0.1) is 11.7 Å². The van der Waals surface area contributed by atoms with Crippen LogP contribution in [0.3, 0.4) is 0 Å². The molecule has 0 unspecified atom stereocenters. The van der Waals surface area contributed by atoms with Gasteiger partial charge in [0.1, 0.15) is 11.6 Å². The standard InChI is InChI=1S/C18H20FN3O2/c19-15-5-1-2-6-16(15)21-17-14(4-3-9-20-17)18(24)22-10-7-13(12-23)8-11-22/h1-6,9,13,23H,7-8,10-12H2,(H,20,21). The predicted octanol–water partition coefficient (Wildman–Crippen LogP) is 2.81. The fraction of sp³-hybridized carbons (Fsp3) is 0.333. The first-order valence-corrected chi connectivity index (χ1v) is 8.05. The lowest BCUT2D eigenvalue weighted by molar-refractivity contribution is 0.0651. The van der Waals surface area contributed by atoms with Crippen LogP contribution >= 0.6 is 0 Å². The summed E-state index contributed by atoms with van der Waals surface area (Å²) >= 11 is 0. The van der Waals surface area contributed by atoms with E-state index in [9.17, 15) is 14.3 Å². The van der Waals surface area contributed by atoms with Crippen LogP contribution in [0.4, 0.5) is 15.9 Å². The lowest BCUT2D eigenvalue weighted by Crippen LogP contribution is -2.39. The molecule has 2 heterocycles. The van der Waals surface area contributed by atoms with E-state index in [1.807, 2.05) is 0 Å². The summed E-state index contributed by atoms with van der Waals surface area (Å²) < 4.78 is 13.8. The number of rotatable bonds is 4. The monoisotopic (exact) mass is 329 g/mol. The zero-order valence-electron chi connectivity index (χ0n) is 13.3. The number of aliphatic hydroxyl groups excluding tert-OH is 1. The van der Waals surface area contributed by atoms with Crippen molar-refractivity contribution in [2.75, 3.05) is 25.0 Å². The van der Waals surface area contributed by atoms with Gasteiger partial charge >= 0.3 is 0 Å². The highest BCUT2D eigenvalue weighted by Gasteiger charge is 2.25. The van der Waals surface area contributed by atoms with E-state index in [4.69, 9.17) is 0 Å². The summed E-state index contributed by atoms with van der Waals surface area (Å²) in [6.45, 7) is 1.38. The molecule has 1 saturated heterocycles. The number of aliphatic hydroxyl groups is 1. The largest absolute Gasteiger partial charge is 0.396 e. The molecule has 126 valence electrons. The second kappa shape index (κ2) is 7.40. The maximum atomic E-state index is 13.8. The summed E-state index contributed by atoms with van der Waals surface area (Å²) in [4.78, 5) is 18.7. The smallest absolute Gasteiger partial charge is 0.257 e. The Morgan fingerprint density at radius 2 is 2.00 bits per heavy atom. The molecule has 0 atom stereocenters. The van der Waals surface area contributed by atoms with Crippen molar-refractivity contribution in [3.63, 3.8) is 0 Å². The number of carbonyl (C=O) groups is 1. The zero-order chi connectivity index (χ0) is 16.9. The Bertz CT molecular complexity index is 715. The average Bonchev–Trinajstić information content (AvgIpc) is 2.63. The van der Waals surface area contributed by atoms with Gasteiger partial charge in [-0.2, -0.15) is 0 Å². The van der Waals surface area contributed by atoms with Crippen LogP contribution in [0.25, 0.3) is 0 Å². The van der Waals surface area contributed by atoms with Gasteiger partial charge in [-0.25, -0.2) is 9.37 Å². The number of para-hydroxylation sites is 1. The number of pyridine rings is 1. The van der Waals surface area contributed by atoms with Gasteiger partial charge in [-0.1, -0.05) is 12.1 Å². The molecule has 1 aromatic heterocycles. The molecule has 1 aromatic carbocycles. The van der Waals surface area contributed by atoms with Crippen molar-refractivity contribution in [2.24, 2.45) is 5.92 Å². The van der Waals surface area contributed by atoms with Gasteiger partial charge in [-0.3, -0.25) is 4.79 Å². The minimum Gasteiger partial charge on any atom is -0.396 e. The summed E-state index contributed by atoms with van der Waals surface area (Å²) in [6.07, 6.45) is 3.15. The number of hydrogen-bond donors (Lipinski definition) is 2. The van der Waals surface area contributed by atoms with Gasteiger partial charge in [-0.15, -0.1) is 0 Å². The number of nitrogens with one attached hydrogen (secondary N) is 1. The van der Waals surface area contributed by atoms with Crippen molar-refractivity contribution in [1.82, 2.24) is 9.88 Å². The zero-order valence-corrected chi connectivity index (χ0v) is 13.3. The van der Waals surface area contributed by atoms with Gasteiger partial charge < -0.3 is 15.3 Å². The number of halogens is 1. The molecule has 5 nitrogen and oxygen atoms in total. The van der Waals surface area contributed by atoms with Crippen molar-refractivity contribution >= 4 is 17.4 Å². The van der Waals surface area contributed by atoms with Gasteiger partial charge in [0.05, 0.1) is 11.3 Å². The number of likely N-dealkylation sites (tertiary alicyclic amines) is 1. The summed E-state index contributed by atoms with van der Waals surface area (Å²) in [5, 5.41) is 12.1. The Balaban J connectivity index is 1.79. The fourth-order valence-electron chi connectivity index (χ4n) is 2.86. The number of carbonyl (C=O) groups excluding carboxylic acids is 1. The molecule has 0 bridgehead atoms. The molecule has 2 N–H and O–H groups in total. The summed E-state index contributed by atoms with van der Waals surface area (Å²) in [6, 6.07) is 9.67. The van der Waals surface area contributed by atoms with Gasteiger partial charge in [0.15, 0.2) is 0 Å². The molecule has 1 aliphatic heterocycles. The van der Waals surface area contributed by atoms with Crippen LogP contribution in [0.5, 0.6) is 0 Å². The van der Waals surface area contributed by atoms with Crippen molar-refractivity contribution < 1.29 is 14.3 Å². The third-order valence-electron chi connectivity index (χ3n) is 4.32. The Labute approximate surface area is 140 Å². The molecular formula is C18H20FN3O2. The number of amides is 1. The molecule has 0 aliphatic carbocycles. The van der Waals surface area contributed by atoms with Crippen LogP contribution < -0.4 is 5.32 Å². The lowest BCUT2D eigenvalue weighted by atomic mass is 9.97. The van der Waals surface area contributed by atoms with E-state index < -0.39 is 5.82 Å². The Kier molecular flexibility index (Phi) is 5.05. The minimum atomic E-state index is -0.398. The van der Waals surface area contributed by atoms with Crippen LogP contribution in [-0.2, 0) is 0 Å². The second-order valence-electron chi connectivity index (χ2n) is 5.92. The number of piperidine rings is 1. The predicted molar refractivity (Wildman–Crippen MR) is 89.6 cm³/mol. The van der Waals surface area contributed by atoms with E-state index in [0.717, 1.165) is 12.8 Å². The molecule has 0 saturated carbocycles. The van der Waals surface area contributed by atoms with E-state index in [0.29, 0.717) is 24.5 Å². The molecule has 2 aromatic rings. The molecule has 6 heteroatoms. The molecule has 24 heavy (non-hydrogen) atoms. The fourth-order valence-corrected chi connectivity index (χ4v) is 2.86. The third-order valence-corrected chi connectivity index (χ3v) is 4.32. The maximum Gasteiger partial charge on any atom is 0.257 e. The summed E-state index contributed by atoms with van der Waals surface area (Å²) in [5.41, 5.74) is 0.701. The number of anilines is 2. The average molecular weight is 329 g/mol. The molecule has 1 aliphatic rings. The van der Waals surface area contributed by atoms with Crippen molar-refractivity contribution in [3.8, 4) is 0 Å². The third kappa shape index (κ3) is 3.54. The van der Waals surface area contributed by atoms with Crippen LogP contribution in [-0.4, -0.2) is 40.6 Å². The van der Waals surface area contributed by atoms with Crippen molar-refractivity contribution in [2.45, 2.75) is 12.8 Å². The van der Waals surface area contributed by atoms with Gasteiger partial charge in [0.25, 0.3) is 5.91 Å². The van der Waals surface area contributed by atoms with Gasteiger partial charge in [0.2, 0.25) is 0 Å². The normalized spacial score (nSPS) is 15.3. The topological polar surface area (TPSA) is 65.5 Å². The van der Waals surface area contributed by atoms with Gasteiger partial charge in [0, 0.05) is 25.9 Å². The quantitative estimate of drug-likeness (QED) is 0.905. The van der Waals surface area contributed by atoms with Gasteiger partial charge in [-0.05, 0) is 43.0 Å². The maximum absolute atomic E-state index is 13.8. The number of nitrogens with zero attached hydrogens (tertiary/aromatic N) is 2. The van der Waals surface area contributed by atoms with E-state index in [1.54, 1.807) is 41.4 Å².